The number of amides is 2. The zero-order chi connectivity index (χ0) is 25.0. The second-order valence-corrected chi connectivity index (χ2v) is 8.34. The van der Waals surface area contributed by atoms with E-state index in [1.54, 1.807) is 12.1 Å². The molecular weight excluding hydrogens is 476 g/mol. The molecule has 0 radical (unpaired) electrons. The van der Waals surface area contributed by atoms with Gasteiger partial charge in [-0.05, 0) is 37.3 Å². The molecule has 176 valence electrons. The summed E-state index contributed by atoms with van der Waals surface area (Å²) in [4.78, 5) is 36.7. The highest BCUT2D eigenvalue weighted by molar-refractivity contribution is 8.00. The number of rotatable bonds is 7. The quantitative estimate of drug-likeness (QED) is 0.236. The summed E-state index contributed by atoms with van der Waals surface area (Å²) in [5.41, 5.74) is -1.16. The van der Waals surface area contributed by atoms with Crippen molar-refractivity contribution < 1.29 is 37.1 Å². The van der Waals surface area contributed by atoms with E-state index in [2.05, 4.69) is 5.32 Å². The molecule has 3 aromatic carbocycles. The molecule has 3 N–H and O–H groups in total. The normalized spacial score (nSPS) is 11.6. The van der Waals surface area contributed by atoms with Crippen LogP contribution in [0.1, 0.15) is 27.6 Å². The number of carbonyl (C=O) groups excluding carboxylic acids is 2. The lowest BCUT2D eigenvalue weighted by Gasteiger charge is -2.14. The number of aromatic carboxylic acids is 1. The minimum Gasteiger partial charge on any atom is -0.478 e. The lowest BCUT2D eigenvalue weighted by atomic mass is 10.1. The van der Waals surface area contributed by atoms with E-state index in [9.17, 15) is 37.1 Å². The molecule has 0 bridgehead atoms. The van der Waals surface area contributed by atoms with Crippen molar-refractivity contribution in [1.82, 2.24) is 0 Å². The molecule has 0 aliphatic heterocycles. The van der Waals surface area contributed by atoms with Crippen LogP contribution >= 0.6 is 11.8 Å². The molecule has 34 heavy (non-hydrogen) atoms. The molecule has 6 nitrogen and oxygen atoms in total. The Balaban J connectivity index is 1.72. The predicted molar refractivity (Wildman–Crippen MR) is 118 cm³/mol. The Hall–Kier alpha value is -3.86. The summed E-state index contributed by atoms with van der Waals surface area (Å²) < 4.78 is 54.3. The average Bonchev–Trinajstić information content (AvgIpc) is 2.80. The first-order valence-corrected chi connectivity index (χ1v) is 10.5. The number of thioether (sulfide) groups is 1. The summed E-state index contributed by atoms with van der Waals surface area (Å²) in [7, 11) is 0. The van der Waals surface area contributed by atoms with Gasteiger partial charge in [0.1, 0.15) is 5.69 Å². The Morgan fingerprint density at radius 3 is 2.09 bits per heavy atom. The van der Waals surface area contributed by atoms with Gasteiger partial charge in [-0.1, -0.05) is 18.2 Å². The van der Waals surface area contributed by atoms with Gasteiger partial charge in [-0.15, -0.1) is 11.8 Å². The topological polar surface area (TPSA) is 95.5 Å². The fourth-order valence-corrected chi connectivity index (χ4v) is 3.80. The molecule has 1 atom stereocenters. The van der Waals surface area contributed by atoms with Crippen LogP contribution in [0, 0.1) is 23.3 Å². The third-order valence-corrected chi connectivity index (χ3v) is 5.63. The van der Waals surface area contributed by atoms with Gasteiger partial charge < -0.3 is 15.7 Å². The Bertz CT molecular complexity index is 1260. The maximum atomic E-state index is 13.8. The molecule has 3 aromatic rings. The van der Waals surface area contributed by atoms with E-state index >= 15 is 0 Å². The summed E-state index contributed by atoms with van der Waals surface area (Å²) >= 11 is 0.946. The van der Waals surface area contributed by atoms with Crippen molar-refractivity contribution in [2.24, 2.45) is 0 Å². The summed E-state index contributed by atoms with van der Waals surface area (Å²) in [6.07, 6.45) is 0. The predicted octanol–water partition coefficient (Wildman–Crippen LogP) is 5.31. The number of hydrogen-bond acceptors (Lipinski definition) is 4. The van der Waals surface area contributed by atoms with Crippen molar-refractivity contribution in [2.75, 3.05) is 10.6 Å². The van der Waals surface area contributed by atoms with Gasteiger partial charge in [-0.2, -0.15) is 0 Å². The van der Waals surface area contributed by atoms with Crippen LogP contribution in [0.5, 0.6) is 0 Å². The summed E-state index contributed by atoms with van der Waals surface area (Å²) in [5.74, 6) is -9.60. The molecule has 0 spiro atoms. The van der Waals surface area contributed by atoms with Crippen molar-refractivity contribution in [3.63, 3.8) is 0 Å². The van der Waals surface area contributed by atoms with E-state index in [1.165, 1.54) is 43.3 Å². The molecule has 11 heteroatoms. The van der Waals surface area contributed by atoms with E-state index in [-0.39, 0.29) is 17.2 Å². The van der Waals surface area contributed by atoms with Gasteiger partial charge in [0, 0.05) is 16.6 Å². The van der Waals surface area contributed by atoms with Crippen molar-refractivity contribution in [2.45, 2.75) is 17.1 Å². The van der Waals surface area contributed by atoms with Crippen LogP contribution in [0.2, 0.25) is 0 Å². The lowest BCUT2D eigenvalue weighted by Crippen LogP contribution is -2.24. The van der Waals surface area contributed by atoms with E-state index in [1.807, 2.05) is 5.32 Å². The van der Waals surface area contributed by atoms with Crippen LogP contribution in [0.15, 0.2) is 59.5 Å². The Labute approximate surface area is 195 Å². The molecule has 0 heterocycles. The Morgan fingerprint density at radius 2 is 1.47 bits per heavy atom. The lowest BCUT2D eigenvalue weighted by molar-refractivity contribution is -0.115. The van der Waals surface area contributed by atoms with Gasteiger partial charge in [-0.3, -0.25) is 9.59 Å². The number of halogens is 4. The molecule has 0 saturated heterocycles. The zero-order valence-corrected chi connectivity index (χ0v) is 18.2. The number of nitrogens with one attached hydrogen (secondary N) is 2. The molecule has 2 amide bonds. The van der Waals surface area contributed by atoms with Gasteiger partial charge >= 0.3 is 5.97 Å². The monoisotopic (exact) mass is 492 g/mol. The third-order valence-electron chi connectivity index (χ3n) is 4.54. The molecule has 0 aromatic heterocycles. The number of carboxylic acid groups (broad SMARTS) is 1. The number of hydrogen-bond donors (Lipinski definition) is 3. The first kappa shape index (κ1) is 24.8. The van der Waals surface area contributed by atoms with Gasteiger partial charge in [0.15, 0.2) is 23.3 Å². The van der Waals surface area contributed by atoms with E-state index in [0.29, 0.717) is 10.6 Å². The molecule has 0 fully saturated rings. The largest absolute Gasteiger partial charge is 0.478 e. The summed E-state index contributed by atoms with van der Waals surface area (Å²) in [6, 6.07) is 11.9. The SMILES string of the molecule is CC(Sc1cccc(NC(=O)c2ccccc2C(=O)O)c1)C(=O)Nc1c(F)c(F)cc(F)c1F. The van der Waals surface area contributed by atoms with Gasteiger partial charge in [0.25, 0.3) is 5.91 Å². The Kier molecular flexibility index (Phi) is 7.57. The van der Waals surface area contributed by atoms with Crippen LogP contribution in [0.3, 0.4) is 0 Å². The van der Waals surface area contributed by atoms with Crippen LogP contribution in [0.4, 0.5) is 28.9 Å². The van der Waals surface area contributed by atoms with Crippen molar-refractivity contribution in [3.05, 3.63) is 89.0 Å². The third kappa shape index (κ3) is 5.54. The van der Waals surface area contributed by atoms with Gasteiger partial charge in [0.05, 0.1) is 16.4 Å². The average molecular weight is 492 g/mol. The minimum atomic E-state index is -1.73. The van der Waals surface area contributed by atoms with E-state index in [0.717, 1.165) is 11.8 Å². The van der Waals surface area contributed by atoms with Crippen LogP contribution in [-0.2, 0) is 4.79 Å². The molecule has 0 aliphatic rings. The van der Waals surface area contributed by atoms with Crippen molar-refractivity contribution in [3.8, 4) is 0 Å². The molecular formula is C23H16F4N2O4S. The summed E-state index contributed by atoms with van der Waals surface area (Å²) in [5, 5.41) is 12.7. The van der Waals surface area contributed by atoms with Gasteiger partial charge in [0.2, 0.25) is 5.91 Å². The maximum Gasteiger partial charge on any atom is 0.336 e. The van der Waals surface area contributed by atoms with Crippen LogP contribution in [0.25, 0.3) is 0 Å². The van der Waals surface area contributed by atoms with Crippen molar-refractivity contribution in [1.29, 1.82) is 0 Å². The van der Waals surface area contributed by atoms with E-state index < -0.39 is 52.0 Å². The first-order valence-electron chi connectivity index (χ1n) is 9.62. The standard InChI is InChI=1S/C23H16F4N2O4S/c1-11(21(30)29-20-18(26)16(24)10-17(25)19(20)27)34-13-6-4-5-12(9-13)28-22(31)14-7-2-3-8-15(14)23(32)33/h2-11H,1H3,(H,28,31)(H,29,30)(H,32,33). The molecule has 3 rings (SSSR count). The number of anilines is 2. The molecule has 0 saturated carbocycles. The first-order chi connectivity index (χ1) is 16.1. The fourth-order valence-electron chi connectivity index (χ4n) is 2.88. The van der Waals surface area contributed by atoms with E-state index in [4.69, 9.17) is 0 Å². The highest BCUT2D eigenvalue weighted by atomic mass is 32.2. The molecule has 1 unspecified atom stereocenters. The highest BCUT2D eigenvalue weighted by Crippen LogP contribution is 2.29. The maximum absolute atomic E-state index is 13.8. The minimum absolute atomic E-state index is 0.0349. The highest BCUT2D eigenvalue weighted by Gasteiger charge is 2.24. The smallest absolute Gasteiger partial charge is 0.336 e. The van der Waals surface area contributed by atoms with Crippen molar-refractivity contribution >= 4 is 40.9 Å². The van der Waals surface area contributed by atoms with Gasteiger partial charge in [-0.25, -0.2) is 22.4 Å². The number of benzene rings is 3. The second kappa shape index (κ2) is 10.4. The van der Waals surface area contributed by atoms with Crippen LogP contribution in [-0.4, -0.2) is 28.1 Å². The second-order valence-electron chi connectivity index (χ2n) is 6.93. The Morgan fingerprint density at radius 1 is 0.853 bits per heavy atom. The zero-order valence-electron chi connectivity index (χ0n) is 17.4. The fraction of sp³-hybridized carbons (Fsp3) is 0.0870. The number of carbonyl (C=O) groups is 3. The van der Waals surface area contributed by atoms with Crippen LogP contribution < -0.4 is 10.6 Å². The number of carboxylic acids is 1. The summed E-state index contributed by atoms with van der Waals surface area (Å²) in [6.45, 7) is 1.40. The molecule has 0 aliphatic carbocycles.